The third kappa shape index (κ3) is 3.73. The van der Waals surface area contributed by atoms with E-state index in [0.29, 0.717) is 6.61 Å². The van der Waals surface area contributed by atoms with Crippen molar-refractivity contribution >= 4 is 21.6 Å². The summed E-state index contributed by atoms with van der Waals surface area (Å²) >= 11 is 3.41. The van der Waals surface area contributed by atoms with Crippen LogP contribution in [0, 0.1) is 5.82 Å². The monoisotopic (exact) mass is 337 g/mol. The minimum Gasteiger partial charge on any atom is -0.491 e. The highest BCUT2D eigenvalue weighted by molar-refractivity contribution is 9.10. The first-order valence-electron chi connectivity index (χ1n) is 6.54. The van der Waals surface area contributed by atoms with E-state index in [-0.39, 0.29) is 17.6 Å². The van der Waals surface area contributed by atoms with Gasteiger partial charge < -0.3 is 10.1 Å². The number of hydrogen-bond donors (Lipinski definition) is 1. The van der Waals surface area contributed by atoms with Gasteiger partial charge in [-0.1, -0.05) is 28.1 Å². The maximum absolute atomic E-state index is 13.8. The molecule has 20 heavy (non-hydrogen) atoms. The predicted molar refractivity (Wildman–Crippen MR) is 83.7 cm³/mol. The number of benzene rings is 2. The lowest BCUT2D eigenvalue weighted by molar-refractivity contribution is 0.321. The number of halogens is 2. The Kier molecular flexibility index (Phi) is 5.01. The molecule has 1 atom stereocenters. The molecular formula is C16H17BrFNO. The molecule has 2 nitrogen and oxygen atoms in total. The molecule has 0 heterocycles. The van der Waals surface area contributed by atoms with Gasteiger partial charge in [-0.2, -0.15) is 0 Å². The normalized spacial score (nSPS) is 12.0. The SMILES string of the molecule is CCOc1ccc(NC(C)c2ccc(Br)cc2)cc1F. The second-order valence-electron chi connectivity index (χ2n) is 4.50. The van der Waals surface area contributed by atoms with E-state index >= 15 is 0 Å². The molecule has 2 aromatic rings. The van der Waals surface area contributed by atoms with Crippen LogP contribution >= 0.6 is 15.9 Å². The highest BCUT2D eigenvalue weighted by Gasteiger charge is 2.08. The van der Waals surface area contributed by atoms with Gasteiger partial charge in [0.1, 0.15) is 0 Å². The van der Waals surface area contributed by atoms with Crippen LogP contribution < -0.4 is 10.1 Å². The van der Waals surface area contributed by atoms with Gasteiger partial charge in [-0.25, -0.2) is 4.39 Å². The molecule has 0 aliphatic rings. The van der Waals surface area contributed by atoms with Crippen molar-refractivity contribution < 1.29 is 9.13 Å². The van der Waals surface area contributed by atoms with Crippen LogP contribution in [0.2, 0.25) is 0 Å². The lowest BCUT2D eigenvalue weighted by atomic mass is 10.1. The molecule has 0 aliphatic carbocycles. The van der Waals surface area contributed by atoms with Crippen LogP contribution in [0.1, 0.15) is 25.5 Å². The van der Waals surface area contributed by atoms with Crippen LogP contribution in [-0.2, 0) is 0 Å². The molecule has 0 saturated heterocycles. The Morgan fingerprint density at radius 2 is 1.90 bits per heavy atom. The third-order valence-corrected chi connectivity index (χ3v) is 3.51. The predicted octanol–water partition coefficient (Wildman–Crippen LogP) is 5.16. The molecule has 0 radical (unpaired) electrons. The van der Waals surface area contributed by atoms with Crippen LogP contribution in [0.5, 0.6) is 5.75 Å². The van der Waals surface area contributed by atoms with E-state index in [1.807, 2.05) is 44.2 Å². The van der Waals surface area contributed by atoms with Gasteiger partial charge in [-0.05, 0) is 43.7 Å². The first-order valence-corrected chi connectivity index (χ1v) is 7.33. The minimum absolute atomic E-state index is 0.0976. The van der Waals surface area contributed by atoms with Crippen molar-refractivity contribution in [1.29, 1.82) is 0 Å². The molecule has 1 unspecified atom stereocenters. The molecule has 1 N–H and O–H groups in total. The first-order chi connectivity index (χ1) is 9.60. The molecular weight excluding hydrogens is 321 g/mol. The average Bonchev–Trinajstić information content (AvgIpc) is 2.42. The van der Waals surface area contributed by atoms with Gasteiger partial charge in [0.25, 0.3) is 0 Å². The zero-order valence-electron chi connectivity index (χ0n) is 11.5. The molecule has 0 spiro atoms. The Hall–Kier alpha value is -1.55. The summed E-state index contributed by atoms with van der Waals surface area (Å²) in [6.07, 6.45) is 0. The maximum Gasteiger partial charge on any atom is 0.167 e. The Bertz CT molecular complexity index is 571. The summed E-state index contributed by atoms with van der Waals surface area (Å²) in [6.45, 7) is 4.33. The fourth-order valence-electron chi connectivity index (χ4n) is 1.95. The second-order valence-corrected chi connectivity index (χ2v) is 5.41. The fraction of sp³-hybridized carbons (Fsp3) is 0.250. The lowest BCUT2D eigenvalue weighted by Crippen LogP contribution is -2.07. The highest BCUT2D eigenvalue weighted by atomic mass is 79.9. The van der Waals surface area contributed by atoms with Crippen LogP contribution in [0.15, 0.2) is 46.9 Å². The van der Waals surface area contributed by atoms with Crippen molar-refractivity contribution in [2.24, 2.45) is 0 Å². The van der Waals surface area contributed by atoms with Crippen molar-refractivity contribution in [2.75, 3.05) is 11.9 Å². The summed E-state index contributed by atoms with van der Waals surface area (Å²) in [5.41, 5.74) is 1.88. The summed E-state index contributed by atoms with van der Waals surface area (Å²) in [4.78, 5) is 0. The summed E-state index contributed by atoms with van der Waals surface area (Å²) in [7, 11) is 0. The van der Waals surface area contributed by atoms with Crippen LogP contribution in [0.3, 0.4) is 0 Å². The standard InChI is InChI=1S/C16H17BrFNO/c1-3-20-16-9-8-14(10-15(16)18)19-11(2)12-4-6-13(17)7-5-12/h4-11,19H,3H2,1-2H3. The van der Waals surface area contributed by atoms with Crippen molar-refractivity contribution in [3.8, 4) is 5.75 Å². The van der Waals surface area contributed by atoms with E-state index in [9.17, 15) is 4.39 Å². The zero-order valence-corrected chi connectivity index (χ0v) is 13.1. The van der Waals surface area contributed by atoms with E-state index in [0.717, 1.165) is 15.7 Å². The van der Waals surface area contributed by atoms with Crippen molar-refractivity contribution in [1.82, 2.24) is 0 Å². The number of ether oxygens (including phenoxy) is 1. The van der Waals surface area contributed by atoms with Gasteiger partial charge in [0.2, 0.25) is 0 Å². The Labute approximate surface area is 127 Å². The van der Waals surface area contributed by atoms with E-state index < -0.39 is 0 Å². The maximum atomic E-state index is 13.8. The molecule has 0 aliphatic heterocycles. The number of anilines is 1. The topological polar surface area (TPSA) is 21.3 Å². The van der Waals surface area contributed by atoms with Crippen molar-refractivity contribution in [3.05, 3.63) is 58.3 Å². The van der Waals surface area contributed by atoms with Crippen molar-refractivity contribution in [3.63, 3.8) is 0 Å². The van der Waals surface area contributed by atoms with E-state index in [2.05, 4.69) is 21.2 Å². The Morgan fingerprint density at radius 1 is 1.20 bits per heavy atom. The van der Waals surface area contributed by atoms with E-state index in [4.69, 9.17) is 4.74 Å². The summed E-state index contributed by atoms with van der Waals surface area (Å²) in [6, 6.07) is 13.1. The molecule has 4 heteroatoms. The van der Waals surface area contributed by atoms with Gasteiger partial charge >= 0.3 is 0 Å². The number of nitrogens with one attached hydrogen (secondary N) is 1. The van der Waals surface area contributed by atoms with E-state index in [1.54, 1.807) is 6.07 Å². The molecule has 2 aromatic carbocycles. The second kappa shape index (κ2) is 6.75. The summed E-state index contributed by atoms with van der Waals surface area (Å²) in [5.74, 6) is -0.0609. The van der Waals surface area contributed by atoms with Gasteiger partial charge in [0, 0.05) is 22.3 Å². The molecule has 0 amide bonds. The zero-order chi connectivity index (χ0) is 14.5. The van der Waals surface area contributed by atoms with Gasteiger partial charge in [-0.15, -0.1) is 0 Å². The molecule has 0 fully saturated rings. The van der Waals surface area contributed by atoms with Crippen molar-refractivity contribution in [2.45, 2.75) is 19.9 Å². The molecule has 106 valence electrons. The molecule has 0 bridgehead atoms. The Morgan fingerprint density at radius 3 is 2.50 bits per heavy atom. The summed E-state index contributed by atoms with van der Waals surface area (Å²) < 4.78 is 20.0. The number of hydrogen-bond acceptors (Lipinski definition) is 2. The molecule has 2 rings (SSSR count). The quantitative estimate of drug-likeness (QED) is 0.813. The lowest BCUT2D eigenvalue weighted by Gasteiger charge is -2.16. The van der Waals surface area contributed by atoms with Gasteiger partial charge in [-0.3, -0.25) is 0 Å². The number of rotatable bonds is 5. The Balaban J connectivity index is 2.09. The van der Waals surface area contributed by atoms with Crippen LogP contribution in [0.4, 0.5) is 10.1 Å². The average molecular weight is 338 g/mol. The van der Waals surface area contributed by atoms with Gasteiger partial charge in [0.15, 0.2) is 11.6 Å². The summed E-state index contributed by atoms with van der Waals surface area (Å²) in [5, 5.41) is 3.28. The first kappa shape index (κ1) is 14.9. The van der Waals surface area contributed by atoms with Crippen LogP contribution in [0.25, 0.3) is 0 Å². The minimum atomic E-state index is -0.347. The smallest absolute Gasteiger partial charge is 0.167 e. The fourth-order valence-corrected chi connectivity index (χ4v) is 2.21. The van der Waals surface area contributed by atoms with Gasteiger partial charge in [0.05, 0.1) is 6.61 Å². The molecule has 0 saturated carbocycles. The van der Waals surface area contributed by atoms with Crippen LogP contribution in [-0.4, -0.2) is 6.61 Å². The molecule has 0 aromatic heterocycles. The third-order valence-electron chi connectivity index (χ3n) is 2.98. The highest BCUT2D eigenvalue weighted by Crippen LogP contribution is 2.25. The van der Waals surface area contributed by atoms with E-state index in [1.165, 1.54) is 6.07 Å². The largest absolute Gasteiger partial charge is 0.491 e.